The summed E-state index contributed by atoms with van der Waals surface area (Å²) in [6.45, 7) is 2.60. The van der Waals surface area contributed by atoms with Gasteiger partial charge in [0.1, 0.15) is 5.65 Å². The molecule has 136 valence electrons. The van der Waals surface area contributed by atoms with E-state index in [1.54, 1.807) is 20.3 Å². The summed E-state index contributed by atoms with van der Waals surface area (Å²) >= 11 is 0. The molecule has 0 bridgehead atoms. The van der Waals surface area contributed by atoms with Crippen LogP contribution in [-0.4, -0.2) is 36.1 Å². The van der Waals surface area contributed by atoms with Crippen LogP contribution in [0.3, 0.4) is 0 Å². The molecule has 0 unspecified atom stereocenters. The standard InChI is InChI=1S/C20H23N3O3/c1-14-5-4-6-19-22-16(13-23(14)19)9-10-21-20(24)12-15-7-8-17(25-2)18(11-15)26-3/h4-8,11,13H,9-10,12H2,1-3H3,(H,21,24). The number of hydrogen-bond acceptors (Lipinski definition) is 4. The van der Waals surface area contributed by atoms with Gasteiger partial charge in [-0.1, -0.05) is 12.1 Å². The number of ether oxygens (including phenoxy) is 2. The Hall–Kier alpha value is -3.02. The van der Waals surface area contributed by atoms with E-state index in [4.69, 9.17) is 9.47 Å². The average Bonchev–Trinajstić information content (AvgIpc) is 3.06. The first kappa shape index (κ1) is 17.8. The second kappa shape index (κ2) is 7.91. The minimum Gasteiger partial charge on any atom is -0.493 e. The Morgan fingerprint density at radius 3 is 2.69 bits per heavy atom. The van der Waals surface area contributed by atoms with E-state index in [9.17, 15) is 4.79 Å². The smallest absolute Gasteiger partial charge is 0.224 e. The monoisotopic (exact) mass is 353 g/mol. The Bertz CT molecular complexity index is 918. The van der Waals surface area contributed by atoms with Crippen molar-refractivity contribution in [1.82, 2.24) is 14.7 Å². The van der Waals surface area contributed by atoms with Crippen LogP contribution in [0.1, 0.15) is 17.0 Å². The molecule has 0 fully saturated rings. The number of carbonyl (C=O) groups is 1. The average molecular weight is 353 g/mol. The molecule has 6 heteroatoms. The molecule has 2 aromatic heterocycles. The van der Waals surface area contributed by atoms with Crippen molar-refractivity contribution in [3.05, 3.63) is 59.5 Å². The Morgan fingerprint density at radius 1 is 1.15 bits per heavy atom. The molecular weight excluding hydrogens is 330 g/mol. The predicted molar refractivity (Wildman–Crippen MR) is 99.9 cm³/mol. The molecule has 1 aromatic carbocycles. The van der Waals surface area contributed by atoms with Crippen molar-refractivity contribution in [2.24, 2.45) is 0 Å². The van der Waals surface area contributed by atoms with Gasteiger partial charge in [-0.25, -0.2) is 4.98 Å². The number of benzene rings is 1. The number of amides is 1. The fourth-order valence-corrected chi connectivity index (χ4v) is 2.89. The van der Waals surface area contributed by atoms with E-state index < -0.39 is 0 Å². The number of carbonyl (C=O) groups excluding carboxylic acids is 1. The molecule has 0 saturated heterocycles. The number of hydrogen-bond donors (Lipinski definition) is 1. The van der Waals surface area contributed by atoms with Gasteiger partial charge in [0.15, 0.2) is 11.5 Å². The summed E-state index contributed by atoms with van der Waals surface area (Å²) in [5, 5.41) is 2.94. The summed E-state index contributed by atoms with van der Waals surface area (Å²) in [6, 6.07) is 11.5. The summed E-state index contributed by atoms with van der Waals surface area (Å²) in [4.78, 5) is 16.8. The van der Waals surface area contributed by atoms with Gasteiger partial charge in [0.05, 0.1) is 26.3 Å². The van der Waals surface area contributed by atoms with Crippen LogP contribution in [0.5, 0.6) is 11.5 Å². The van der Waals surface area contributed by atoms with Crippen LogP contribution in [0.2, 0.25) is 0 Å². The van der Waals surface area contributed by atoms with E-state index in [-0.39, 0.29) is 5.91 Å². The molecule has 0 aliphatic rings. The maximum Gasteiger partial charge on any atom is 0.224 e. The molecule has 26 heavy (non-hydrogen) atoms. The largest absolute Gasteiger partial charge is 0.493 e. The van der Waals surface area contributed by atoms with Crippen LogP contribution in [0.25, 0.3) is 5.65 Å². The normalized spacial score (nSPS) is 10.7. The molecule has 6 nitrogen and oxygen atoms in total. The van der Waals surface area contributed by atoms with Crippen molar-refractivity contribution < 1.29 is 14.3 Å². The minimum atomic E-state index is -0.0304. The molecule has 1 amide bonds. The van der Waals surface area contributed by atoms with Crippen molar-refractivity contribution in [2.75, 3.05) is 20.8 Å². The van der Waals surface area contributed by atoms with E-state index in [0.29, 0.717) is 30.9 Å². The number of aromatic nitrogens is 2. The van der Waals surface area contributed by atoms with Gasteiger partial charge in [0.2, 0.25) is 5.91 Å². The third-order valence-electron chi connectivity index (χ3n) is 4.26. The highest BCUT2D eigenvalue weighted by atomic mass is 16.5. The number of pyridine rings is 1. The third-order valence-corrected chi connectivity index (χ3v) is 4.26. The van der Waals surface area contributed by atoms with Gasteiger partial charge in [-0.2, -0.15) is 0 Å². The van der Waals surface area contributed by atoms with Gasteiger partial charge < -0.3 is 19.2 Å². The molecule has 3 aromatic rings. The predicted octanol–water partition coefficient (Wildman–Crippen LogP) is 2.56. The molecule has 0 aliphatic heterocycles. The fraction of sp³-hybridized carbons (Fsp3) is 0.300. The molecule has 0 saturated carbocycles. The Morgan fingerprint density at radius 2 is 1.96 bits per heavy atom. The van der Waals surface area contributed by atoms with E-state index in [1.807, 2.05) is 43.5 Å². The van der Waals surface area contributed by atoms with Crippen molar-refractivity contribution in [3.63, 3.8) is 0 Å². The molecular formula is C20H23N3O3. The van der Waals surface area contributed by atoms with Gasteiger partial charge in [0, 0.05) is 24.9 Å². The van der Waals surface area contributed by atoms with Gasteiger partial charge in [0.25, 0.3) is 0 Å². The number of fused-ring (bicyclic) bond motifs is 1. The van der Waals surface area contributed by atoms with Crippen LogP contribution in [0.15, 0.2) is 42.6 Å². The van der Waals surface area contributed by atoms with Crippen LogP contribution < -0.4 is 14.8 Å². The van der Waals surface area contributed by atoms with E-state index in [2.05, 4.69) is 14.7 Å². The second-order valence-electron chi connectivity index (χ2n) is 6.09. The van der Waals surface area contributed by atoms with Crippen LogP contribution >= 0.6 is 0 Å². The van der Waals surface area contributed by atoms with Gasteiger partial charge in [-0.15, -0.1) is 0 Å². The zero-order valence-electron chi connectivity index (χ0n) is 15.3. The summed E-state index contributed by atoms with van der Waals surface area (Å²) < 4.78 is 12.5. The summed E-state index contributed by atoms with van der Waals surface area (Å²) in [5.74, 6) is 1.24. The molecule has 2 heterocycles. The van der Waals surface area contributed by atoms with Gasteiger partial charge in [-0.05, 0) is 36.8 Å². The maximum atomic E-state index is 12.2. The van der Waals surface area contributed by atoms with E-state index in [1.165, 1.54) is 0 Å². The zero-order valence-corrected chi connectivity index (χ0v) is 15.3. The first-order valence-electron chi connectivity index (χ1n) is 8.52. The number of imidazole rings is 1. The van der Waals surface area contributed by atoms with Gasteiger partial charge in [-0.3, -0.25) is 4.79 Å². The highest BCUT2D eigenvalue weighted by molar-refractivity contribution is 5.78. The molecule has 1 N–H and O–H groups in total. The first-order chi connectivity index (χ1) is 12.6. The van der Waals surface area contributed by atoms with Crippen molar-refractivity contribution in [2.45, 2.75) is 19.8 Å². The fourth-order valence-electron chi connectivity index (χ4n) is 2.89. The lowest BCUT2D eigenvalue weighted by Gasteiger charge is -2.09. The van der Waals surface area contributed by atoms with Crippen molar-refractivity contribution in [1.29, 1.82) is 0 Å². The van der Waals surface area contributed by atoms with Crippen molar-refractivity contribution in [3.8, 4) is 11.5 Å². The minimum absolute atomic E-state index is 0.0304. The zero-order chi connectivity index (χ0) is 18.5. The quantitative estimate of drug-likeness (QED) is 0.709. The van der Waals surface area contributed by atoms with Crippen molar-refractivity contribution >= 4 is 11.6 Å². The third kappa shape index (κ3) is 3.96. The SMILES string of the molecule is COc1ccc(CC(=O)NCCc2cn3c(C)cccc3n2)cc1OC. The van der Waals surface area contributed by atoms with Gasteiger partial charge >= 0.3 is 0 Å². The topological polar surface area (TPSA) is 64.9 Å². The van der Waals surface area contributed by atoms with Crippen LogP contribution in [0.4, 0.5) is 0 Å². The first-order valence-corrected chi connectivity index (χ1v) is 8.52. The van der Waals surface area contributed by atoms with E-state index >= 15 is 0 Å². The lowest BCUT2D eigenvalue weighted by Crippen LogP contribution is -2.27. The molecule has 0 spiro atoms. The number of nitrogens with one attached hydrogen (secondary N) is 1. The summed E-state index contributed by atoms with van der Waals surface area (Å²) in [5.41, 5.74) is 3.91. The molecule has 0 radical (unpaired) electrons. The maximum absolute atomic E-state index is 12.2. The Labute approximate surface area is 152 Å². The number of aryl methyl sites for hydroxylation is 1. The Balaban J connectivity index is 1.54. The highest BCUT2D eigenvalue weighted by Gasteiger charge is 2.09. The summed E-state index contributed by atoms with van der Waals surface area (Å²) in [7, 11) is 3.17. The van der Waals surface area contributed by atoms with Crippen LogP contribution in [0, 0.1) is 6.92 Å². The molecule has 0 atom stereocenters. The Kier molecular flexibility index (Phi) is 5.41. The number of rotatable bonds is 7. The molecule has 3 rings (SSSR count). The van der Waals surface area contributed by atoms with E-state index in [0.717, 1.165) is 22.6 Å². The number of nitrogens with zero attached hydrogens (tertiary/aromatic N) is 2. The lowest BCUT2D eigenvalue weighted by molar-refractivity contribution is -0.120. The lowest BCUT2D eigenvalue weighted by atomic mass is 10.1. The highest BCUT2D eigenvalue weighted by Crippen LogP contribution is 2.27. The summed E-state index contributed by atoms with van der Waals surface area (Å²) in [6.07, 6.45) is 3.01. The number of methoxy groups -OCH3 is 2. The second-order valence-corrected chi connectivity index (χ2v) is 6.09. The van der Waals surface area contributed by atoms with Crippen LogP contribution in [-0.2, 0) is 17.6 Å². The molecule has 0 aliphatic carbocycles.